The molecule has 0 spiro atoms. The van der Waals surface area contributed by atoms with Crippen molar-refractivity contribution in [2.45, 2.75) is 6.92 Å². The van der Waals surface area contributed by atoms with E-state index in [2.05, 4.69) is 10.1 Å². The van der Waals surface area contributed by atoms with E-state index < -0.39 is 5.97 Å². The Labute approximate surface area is 79.3 Å². The summed E-state index contributed by atoms with van der Waals surface area (Å²) in [6, 6.07) is 1.77. The monoisotopic (exact) mass is 192 g/mol. The van der Waals surface area contributed by atoms with Crippen LogP contribution in [0, 0.1) is 6.92 Å². The maximum Gasteiger partial charge on any atom is 0.358 e. The molecule has 0 saturated heterocycles. The number of aromatic amines is 1. The lowest BCUT2D eigenvalue weighted by molar-refractivity contribution is 0.0686. The van der Waals surface area contributed by atoms with Gasteiger partial charge in [-0.3, -0.25) is 0 Å². The maximum absolute atomic E-state index is 10.8. The first kappa shape index (κ1) is 8.55. The van der Waals surface area contributed by atoms with E-state index in [0.717, 1.165) is 5.56 Å². The molecule has 0 unspecified atom stereocenters. The van der Waals surface area contributed by atoms with Gasteiger partial charge in [-0.05, 0) is 13.0 Å². The molecule has 0 aliphatic carbocycles. The fraction of sp³-hybridized carbons (Fsp3) is 0.111. The first-order valence-electron chi connectivity index (χ1n) is 4.03. The van der Waals surface area contributed by atoms with E-state index in [9.17, 15) is 4.79 Å². The highest BCUT2D eigenvalue weighted by Crippen LogP contribution is 2.26. The molecule has 5 nitrogen and oxygen atoms in total. The van der Waals surface area contributed by atoms with Crippen molar-refractivity contribution in [3.63, 3.8) is 0 Å². The Morgan fingerprint density at radius 3 is 3.00 bits per heavy atom. The molecule has 0 aliphatic rings. The summed E-state index contributed by atoms with van der Waals surface area (Å²) < 4.78 is 4.84. The summed E-state index contributed by atoms with van der Waals surface area (Å²) >= 11 is 0. The zero-order valence-electron chi connectivity index (χ0n) is 7.44. The Bertz CT molecular complexity index is 456. The summed E-state index contributed by atoms with van der Waals surface area (Å²) in [7, 11) is 0. The van der Waals surface area contributed by atoms with Crippen molar-refractivity contribution in [3.8, 4) is 11.1 Å². The molecule has 0 bridgehead atoms. The molecular weight excluding hydrogens is 184 g/mol. The molecule has 2 aromatic heterocycles. The van der Waals surface area contributed by atoms with Crippen LogP contribution in [-0.4, -0.2) is 21.2 Å². The topological polar surface area (TPSA) is 79.1 Å². The van der Waals surface area contributed by atoms with E-state index in [4.69, 9.17) is 9.63 Å². The number of nitrogens with one attached hydrogen (secondary N) is 1. The second kappa shape index (κ2) is 3.02. The quantitative estimate of drug-likeness (QED) is 0.758. The molecule has 2 heterocycles. The third-order valence-electron chi connectivity index (χ3n) is 1.95. The number of hydrogen-bond acceptors (Lipinski definition) is 3. The van der Waals surface area contributed by atoms with Crippen LogP contribution in [0.1, 0.15) is 16.2 Å². The molecule has 72 valence electrons. The van der Waals surface area contributed by atoms with Crippen LogP contribution in [0.4, 0.5) is 0 Å². The van der Waals surface area contributed by atoms with Crippen LogP contribution >= 0.6 is 0 Å². The van der Waals surface area contributed by atoms with Crippen LogP contribution in [0.15, 0.2) is 23.0 Å². The van der Waals surface area contributed by atoms with E-state index in [1.54, 1.807) is 25.4 Å². The maximum atomic E-state index is 10.8. The molecule has 0 saturated carbocycles. The van der Waals surface area contributed by atoms with Crippen molar-refractivity contribution in [2.75, 3.05) is 0 Å². The van der Waals surface area contributed by atoms with Gasteiger partial charge in [0.25, 0.3) is 0 Å². The lowest BCUT2D eigenvalue weighted by Gasteiger charge is -1.93. The van der Waals surface area contributed by atoms with E-state index in [-0.39, 0.29) is 5.69 Å². The van der Waals surface area contributed by atoms with Crippen molar-refractivity contribution in [2.24, 2.45) is 0 Å². The lowest BCUT2D eigenvalue weighted by Crippen LogP contribution is -1.98. The van der Waals surface area contributed by atoms with Crippen LogP contribution in [-0.2, 0) is 0 Å². The van der Waals surface area contributed by atoms with Crippen molar-refractivity contribution >= 4 is 5.97 Å². The predicted octanol–water partition coefficient (Wildman–Crippen LogP) is 1.68. The normalized spacial score (nSPS) is 10.4. The van der Waals surface area contributed by atoms with Crippen molar-refractivity contribution < 1.29 is 14.4 Å². The number of H-pyrrole nitrogens is 1. The number of aromatic nitrogens is 2. The number of rotatable bonds is 2. The highest BCUT2D eigenvalue weighted by atomic mass is 16.5. The second-order valence-electron chi connectivity index (χ2n) is 2.87. The molecule has 0 radical (unpaired) electrons. The molecule has 0 amide bonds. The van der Waals surface area contributed by atoms with Gasteiger partial charge in [-0.1, -0.05) is 5.16 Å². The fourth-order valence-corrected chi connectivity index (χ4v) is 1.34. The van der Waals surface area contributed by atoms with Crippen molar-refractivity contribution in [1.82, 2.24) is 10.1 Å². The molecule has 0 fully saturated rings. The van der Waals surface area contributed by atoms with E-state index in [1.807, 2.05) is 0 Å². The molecule has 2 N–H and O–H groups in total. The van der Waals surface area contributed by atoms with E-state index >= 15 is 0 Å². The van der Waals surface area contributed by atoms with Gasteiger partial charge in [-0.25, -0.2) is 4.79 Å². The summed E-state index contributed by atoms with van der Waals surface area (Å²) in [4.78, 5) is 13.6. The molecule has 0 aromatic carbocycles. The van der Waals surface area contributed by atoms with Gasteiger partial charge < -0.3 is 14.6 Å². The van der Waals surface area contributed by atoms with Crippen LogP contribution in [0.25, 0.3) is 11.1 Å². The standard InChI is InChI=1S/C9H8N2O3/c1-5-7(6-2-3-10-4-6)8(9(12)13)11-14-5/h2-4,10H,1H3,(H,12,13). The molecule has 14 heavy (non-hydrogen) atoms. The van der Waals surface area contributed by atoms with Gasteiger partial charge >= 0.3 is 5.97 Å². The van der Waals surface area contributed by atoms with Gasteiger partial charge in [0.05, 0.1) is 5.56 Å². The number of carbonyl (C=O) groups is 1. The number of aryl methyl sites for hydroxylation is 1. The summed E-state index contributed by atoms with van der Waals surface area (Å²) in [5.74, 6) is -0.583. The predicted molar refractivity (Wildman–Crippen MR) is 48.0 cm³/mol. The first-order valence-corrected chi connectivity index (χ1v) is 4.03. The molecule has 5 heteroatoms. The number of carboxylic acid groups (broad SMARTS) is 1. The van der Waals surface area contributed by atoms with E-state index in [1.165, 1.54) is 0 Å². The first-order chi connectivity index (χ1) is 6.70. The van der Waals surface area contributed by atoms with Crippen LogP contribution in [0.5, 0.6) is 0 Å². The number of aromatic carboxylic acids is 1. The van der Waals surface area contributed by atoms with E-state index in [0.29, 0.717) is 11.3 Å². The minimum atomic E-state index is -1.09. The summed E-state index contributed by atoms with van der Waals surface area (Å²) in [5.41, 5.74) is 1.24. The molecule has 0 atom stereocenters. The second-order valence-corrected chi connectivity index (χ2v) is 2.87. The Kier molecular flexibility index (Phi) is 1.85. The summed E-state index contributed by atoms with van der Waals surface area (Å²) in [6.45, 7) is 1.68. The Morgan fingerprint density at radius 1 is 1.64 bits per heavy atom. The van der Waals surface area contributed by atoms with Gasteiger partial charge in [-0.2, -0.15) is 0 Å². The number of carboxylic acids is 1. The number of hydrogen-bond donors (Lipinski definition) is 2. The minimum Gasteiger partial charge on any atom is -0.476 e. The zero-order valence-corrected chi connectivity index (χ0v) is 7.44. The largest absolute Gasteiger partial charge is 0.476 e. The average molecular weight is 192 g/mol. The molecule has 2 aromatic rings. The van der Waals surface area contributed by atoms with Gasteiger partial charge in [0.15, 0.2) is 5.69 Å². The third kappa shape index (κ3) is 1.19. The fourth-order valence-electron chi connectivity index (χ4n) is 1.34. The highest BCUT2D eigenvalue weighted by molar-refractivity contribution is 5.94. The van der Waals surface area contributed by atoms with Crippen molar-refractivity contribution in [3.05, 3.63) is 29.9 Å². The Hall–Kier alpha value is -2.04. The minimum absolute atomic E-state index is 0.0536. The molecule has 2 rings (SSSR count). The van der Waals surface area contributed by atoms with Gasteiger partial charge in [0.1, 0.15) is 5.76 Å². The Balaban J connectivity index is 2.62. The van der Waals surface area contributed by atoms with Gasteiger partial charge in [0.2, 0.25) is 0 Å². The third-order valence-corrected chi connectivity index (χ3v) is 1.95. The smallest absolute Gasteiger partial charge is 0.358 e. The zero-order chi connectivity index (χ0) is 10.1. The average Bonchev–Trinajstić information content (AvgIpc) is 2.71. The summed E-state index contributed by atoms with van der Waals surface area (Å²) in [6.07, 6.45) is 3.42. The van der Waals surface area contributed by atoms with Gasteiger partial charge in [-0.15, -0.1) is 0 Å². The van der Waals surface area contributed by atoms with Crippen LogP contribution in [0.3, 0.4) is 0 Å². The Morgan fingerprint density at radius 2 is 2.43 bits per heavy atom. The highest BCUT2D eigenvalue weighted by Gasteiger charge is 2.20. The van der Waals surface area contributed by atoms with Crippen LogP contribution < -0.4 is 0 Å². The SMILES string of the molecule is Cc1onc(C(=O)O)c1-c1cc[nH]c1. The molecular formula is C9H8N2O3. The van der Waals surface area contributed by atoms with Crippen LogP contribution in [0.2, 0.25) is 0 Å². The summed E-state index contributed by atoms with van der Waals surface area (Å²) in [5, 5.41) is 12.3. The van der Waals surface area contributed by atoms with Crippen molar-refractivity contribution in [1.29, 1.82) is 0 Å². The van der Waals surface area contributed by atoms with Gasteiger partial charge in [0, 0.05) is 18.0 Å². The number of nitrogens with zero attached hydrogens (tertiary/aromatic N) is 1. The lowest BCUT2D eigenvalue weighted by atomic mass is 10.1. The molecule has 0 aliphatic heterocycles.